The van der Waals surface area contributed by atoms with Gasteiger partial charge in [0, 0.05) is 25.1 Å². The number of fused-ring (bicyclic) bond motifs is 1. The normalized spacial score (nSPS) is 12.3. The van der Waals surface area contributed by atoms with E-state index in [9.17, 15) is 4.79 Å². The summed E-state index contributed by atoms with van der Waals surface area (Å²) in [4.78, 5) is 12.6. The molecule has 7 nitrogen and oxygen atoms in total. The van der Waals surface area contributed by atoms with E-state index in [4.69, 9.17) is 9.47 Å². The number of rotatable bonds is 5. The van der Waals surface area contributed by atoms with Crippen molar-refractivity contribution < 1.29 is 14.3 Å². The number of aryl methyl sites for hydroxylation is 1. The lowest BCUT2D eigenvalue weighted by molar-refractivity contribution is 0.101. The van der Waals surface area contributed by atoms with E-state index in [2.05, 4.69) is 15.5 Å². The van der Waals surface area contributed by atoms with E-state index in [1.165, 1.54) is 11.3 Å². The van der Waals surface area contributed by atoms with Crippen molar-refractivity contribution >= 4 is 33.3 Å². The number of carbonyl (C=O) groups excluding carboxylic acids is 1. The quantitative estimate of drug-likeness (QED) is 0.768. The Morgan fingerprint density at radius 1 is 1.29 bits per heavy atom. The molecule has 0 aliphatic carbocycles. The van der Waals surface area contributed by atoms with Crippen molar-refractivity contribution in [3.05, 3.63) is 35.0 Å². The summed E-state index contributed by atoms with van der Waals surface area (Å²) in [6.45, 7) is 1.88. The summed E-state index contributed by atoms with van der Waals surface area (Å²) in [5.74, 6) is 0.516. The van der Waals surface area contributed by atoms with Crippen LogP contribution in [-0.2, 0) is 11.8 Å². The molecule has 0 aliphatic rings. The maximum atomic E-state index is 12.6. The molecule has 24 heavy (non-hydrogen) atoms. The number of hydrogen-bond donors (Lipinski definition) is 1. The van der Waals surface area contributed by atoms with Crippen LogP contribution in [0.3, 0.4) is 0 Å². The third-order valence-electron chi connectivity index (χ3n) is 3.84. The molecule has 1 N–H and O–H groups in total. The molecule has 1 unspecified atom stereocenters. The fraction of sp³-hybridized carbons (Fsp3) is 0.312. The number of methoxy groups -OCH3 is 2. The summed E-state index contributed by atoms with van der Waals surface area (Å²) < 4.78 is 12.3. The molecule has 2 heterocycles. The van der Waals surface area contributed by atoms with Crippen LogP contribution in [-0.4, -0.2) is 34.9 Å². The highest BCUT2D eigenvalue weighted by atomic mass is 32.1. The molecule has 0 spiro atoms. The average Bonchev–Trinajstić information content (AvgIpc) is 3.18. The van der Waals surface area contributed by atoms with E-state index in [0.29, 0.717) is 10.8 Å². The van der Waals surface area contributed by atoms with Crippen LogP contribution in [0.4, 0.5) is 5.13 Å². The van der Waals surface area contributed by atoms with Gasteiger partial charge >= 0.3 is 0 Å². The van der Waals surface area contributed by atoms with Gasteiger partial charge in [-0.3, -0.25) is 10.1 Å². The lowest BCUT2D eigenvalue weighted by atomic mass is 10.2. The predicted octanol–water partition coefficient (Wildman–Crippen LogP) is 3.00. The second-order valence-electron chi connectivity index (χ2n) is 5.29. The highest BCUT2D eigenvalue weighted by Crippen LogP contribution is 2.26. The first-order valence-corrected chi connectivity index (χ1v) is 8.16. The molecule has 1 atom stereocenters. The largest absolute Gasteiger partial charge is 0.497 e. The zero-order valence-electron chi connectivity index (χ0n) is 13.9. The Morgan fingerprint density at radius 3 is 2.79 bits per heavy atom. The Kier molecular flexibility index (Phi) is 4.50. The standard InChI is InChI=1S/C16H18N4O3S/c1-9(22-3)15-18-19-16(24-15)17-14(21)13-8-10-7-11(23-4)5-6-12(10)20(13)2/h5-9H,1-4H3,(H,17,19,21). The van der Waals surface area contributed by atoms with Crippen molar-refractivity contribution in [2.24, 2.45) is 7.05 Å². The topological polar surface area (TPSA) is 78.3 Å². The maximum Gasteiger partial charge on any atom is 0.274 e. The van der Waals surface area contributed by atoms with E-state index in [1.54, 1.807) is 14.2 Å². The molecule has 8 heteroatoms. The highest BCUT2D eigenvalue weighted by molar-refractivity contribution is 7.15. The second-order valence-corrected chi connectivity index (χ2v) is 6.30. The molecule has 1 amide bonds. The van der Waals surface area contributed by atoms with Crippen LogP contribution in [0.5, 0.6) is 5.75 Å². The fourth-order valence-electron chi connectivity index (χ4n) is 2.38. The smallest absolute Gasteiger partial charge is 0.274 e. The third kappa shape index (κ3) is 2.98. The number of hydrogen-bond acceptors (Lipinski definition) is 6. The molecule has 2 aromatic heterocycles. The molecule has 126 valence electrons. The van der Waals surface area contributed by atoms with Gasteiger partial charge in [-0.15, -0.1) is 10.2 Å². The second kappa shape index (κ2) is 6.58. The van der Waals surface area contributed by atoms with Crippen LogP contribution in [0.25, 0.3) is 10.9 Å². The van der Waals surface area contributed by atoms with E-state index >= 15 is 0 Å². The van der Waals surface area contributed by atoms with E-state index in [0.717, 1.165) is 21.7 Å². The van der Waals surface area contributed by atoms with Crippen LogP contribution < -0.4 is 10.1 Å². The molecule has 3 rings (SSSR count). The number of nitrogens with zero attached hydrogens (tertiary/aromatic N) is 3. The van der Waals surface area contributed by atoms with Gasteiger partial charge in [0.15, 0.2) is 0 Å². The SMILES string of the molecule is COc1ccc2c(c1)cc(C(=O)Nc1nnc(C(C)OC)s1)n2C. The molecule has 0 saturated heterocycles. The number of carbonyl (C=O) groups is 1. The van der Waals surface area contributed by atoms with Gasteiger partial charge in [-0.25, -0.2) is 0 Å². The number of amides is 1. The first-order valence-electron chi connectivity index (χ1n) is 7.34. The Morgan fingerprint density at radius 2 is 2.08 bits per heavy atom. The number of anilines is 1. The average molecular weight is 346 g/mol. The number of benzene rings is 1. The summed E-state index contributed by atoms with van der Waals surface area (Å²) >= 11 is 1.30. The maximum absolute atomic E-state index is 12.6. The van der Waals surface area contributed by atoms with Crippen molar-refractivity contribution in [1.29, 1.82) is 0 Å². The van der Waals surface area contributed by atoms with Crippen LogP contribution in [0, 0.1) is 0 Å². The minimum Gasteiger partial charge on any atom is -0.497 e. The zero-order valence-corrected chi connectivity index (χ0v) is 14.7. The van der Waals surface area contributed by atoms with Gasteiger partial charge in [0.1, 0.15) is 22.6 Å². The Hall–Kier alpha value is -2.45. The van der Waals surface area contributed by atoms with Crippen LogP contribution in [0.1, 0.15) is 28.5 Å². The zero-order chi connectivity index (χ0) is 17.3. The number of ether oxygens (including phenoxy) is 2. The molecule has 0 fully saturated rings. The minimum atomic E-state index is -0.236. The highest BCUT2D eigenvalue weighted by Gasteiger charge is 2.17. The summed E-state index contributed by atoms with van der Waals surface area (Å²) in [5.41, 5.74) is 1.49. The van der Waals surface area contributed by atoms with Crippen LogP contribution in [0.2, 0.25) is 0 Å². The van der Waals surface area contributed by atoms with Gasteiger partial charge in [0.25, 0.3) is 5.91 Å². The first kappa shape index (κ1) is 16.4. The van der Waals surface area contributed by atoms with Crippen molar-refractivity contribution in [1.82, 2.24) is 14.8 Å². The van der Waals surface area contributed by atoms with Crippen LogP contribution >= 0.6 is 11.3 Å². The van der Waals surface area contributed by atoms with Crippen LogP contribution in [0.15, 0.2) is 24.3 Å². The minimum absolute atomic E-state index is 0.154. The summed E-state index contributed by atoms with van der Waals surface area (Å²) in [5, 5.41) is 12.9. The molecule has 0 radical (unpaired) electrons. The van der Waals surface area contributed by atoms with Crippen molar-refractivity contribution in [2.45, 2.75) is 13.0 Å². The Balaban J connectivity index is 1.86. The fourth-order valence-corrected chi connectivity index (χ4v) is 3.15. The molecule has 0 saturated carbocycles. The van der Waals surface area contributed by atoms with Gasteiger partial charge in [-0.2, -0.15) is 0 Å². The molecular formula is C16H18N4O3S. The number of nitrogens with one attached hydrogen (secondary N) is 1. The molecule has 0 aliphatic heterocycles. The Labute approximate surface area is 143 Å². The van der Waals surface area contributed by atoms with Crippen molar-refractivity contribution in [2.75, 3.05) is 19.5 Å². The van der Waals surface area contributed by atoms with E-state index < -0.39 is 0 Å². The summed E-state index contributed by atoms with van der Waals surface area (Å²) in [7, 11) is 5.07. The van der Waals surface area contributed by atoms with Gasteiger partial charge in [-0.1, -0.05) is 11.3 Å². The third-order valence-corrected chi connectivity index (χ3v) is 4.84. The summed E-state index contributed by atoms with van der Waals surface area (Å²) in [6, 6.07) is 7.52. The lowest BCUT2D eigenvalue weighted by Gasteiger charge is -2.04. The molecule has 3 aromatic rings. The Bertz CT molecular complexity index is 887. The first-order chi connectivity index (χ1) is 11.5. The van der Waals surface area contributed by atoms with Gasteiger partial charge in [0.05, 0.1) is 7.11 Å². The van der Waals surface area contributed by atoms with E-state index in [1.807, 2.05) is 42.8 Å². The summed E-state index contributed by atoms with van der Waals surface area (Å²) in [6.07, 6.45) is -0.154. The van der Waals surface area contributed by atoms with E-state index in [-0.39, 0.29) is 12.0 Å². The van der Waals surface area contributed by atoms with Gasteiger partial charge < -0.3 is 14.0 Å². The van der Waals surface area contributed by atoms with Crippen molar-refractivity contribution in [3.8, 4) is 5.75 Å². The lowest BCUT2D eigenvalue weighted by Crippen LogP contribution is -2.15. The molecule has 1 aromatic carbocycles. The predicted molar refractivity (Wildman–Crippen MR) is 92.8 cm³/mol. The van der Waals surface area contributed by atoms with Crippen molar-refractivity contribution in [3.63, 3.8) is 0 Å². The molecule has 0 bridgehead atoms. The van der Waals surface area contributed by atoms with Gasteiger partial charge in [-0.05, 0) is 31.2 Å². The van der Waals surface area contributed by atoms with Gasteiger partial charge in [0.2, 0.25) is 5.13 Å². The monoisotopic (exact) mass is 346 g/mol. The molecular weight excluding hydrogens is 328 g/mol. The number of aromatic nitrogens is 3.